The fourth-order valence-electron chi connectivity index (χ4n) is 3.95. The lowest BCUT2D eigenvalue weighted by Crippen LogP contribution is -2.48. The van der Waals surface area contributed by atoms with E-state index in [2.05, 4.69) is 10.2 Å². The molecule has 1 aromatic carbocycles. The number of nitrogens with one attached hydrogen (secondary N) is 1. The molecule has 0 aromatic heterocycles. The van der Waals surface area contributed by atoms with Crippen molar-refractivity contribution in [3.8, 4) is 0 Å². The number of nitrogens with zero attached hydrogens (tertiary/aromatic N) is 3. The highest BCUT2D eigenvalue weighted by Crippen LogP contribution is 2.12. The van der Waals surface area contributed by atoms with Crippen LogP contribution in [0.15, 0.2) is 24.3 Å². The summed E-state index contributed by atoms with van der Waals surface area (Å²) in [6.45, 7) is 5.69. The molecule has 0 bridgehead atoms. The minimum Gasteiger partial charge on any atom is -0.352 e. The SMILES string of the molecule is CC(=O)N1CCC(NC(=O)CN2CCCN(C(=O)c3cccc(F)c3)CC2)CC1. The monoisotopic (exact) mass is 404 g/mol. The van der Waals surface area contributed by atoms with E-state index >= 15 is 0 Å². The molecule has 2 heterocycles. The summed E-state index contributed by atoms with van der Waals surface area (Å²) in [5.74, 6) is -0.529. The van der Waals surface area contributed by atoms with E-state index in [9.17, 15) is 18.8 Å². The van der Waals surface area contributed by atoms with E-state index in [0.29, 0.717) is 44.8 Å². The Morgan fingerprint density at radius 2 is 1.79 bits per heavy atom. The van der Waals surface area contributed by atoms with Crippen molar-refractivity contribution < 1.29 is 18.8 Å². The van der Waals surface area contributed by atoms with E-state index in [1.807, 2.05) is 4.90 Å². The Morgan fingerprint density at radius 1 is 1.03 bits per heavy atom. The number of carbonyl (C=O) groups excluding carboxylic acids is 3. The van der Waals surface area contributed by atoms with Gasteiger partial charge in [0.15, 0.2) is 0 Å². The van der Waals surface area contributed by atoms with Crippen LogP contribution in [0.2, 0.25) is 0 Å². The number of carbonyl (C=O) groups is 3. The summed E-state index contributed by atoms with van der Waals surface area (Å²) in [5.41, 5.74) is 0.355. The largest absolute Gasteiger partial charge is 0.352 e. The zero-order valence-corrected chi connectivity index (χ0v) is 16.9. The van der Waals surface area contributed by atoms with Crippen molar-refractivity contribution in [3.63, 3.8) is 0 Å². The van der Waals surface area contributed by atoms with Gasteiger partial charge < -0.3 is 15.1 Å². The molecular weight excluding hydrogens is 375 g/mol. The third-order valence-electron chi connectivity index (χ3n) is 5.62. The maximum atomic E-state index is 13.4. The summed E-state index contributed by atoms with van der Waals surface area (Å²) >= 11 is 0. The van der Waals surface area contributed by atoms with Crippen LogP contribution < -0.4 is 5.32 Å². The highest BCUT2D eigenvalue weighted by Gasteiger charge is 2.24. The Labute approximate surface area is 170 Å². The number of piperidine rings is 1. The minimum absolute atomic E-state index is 0.0174. The van der Waals surface area contributed by atoms with Crippen LogP contribution in [0.3, 0.4) is 0 Å². The molecule has 0 atom stereocenters. The summed E-state index contributed by atoms with van der Waals surface area (Å²) in [6, 6.07) is 5.85. The normalized spacial score (nSPS) is 19.0. The van der Waals surface area contributed by atoms with Gasteiger partial charge in [-0.05, 0) is 37.5 Å². The third kappa shape index (κ3) is 6.00. The average molecular weight is 404 g/mol. The van der Waals surface area contributed by atoms with Crippen LogP contribution in [0.5, 0.6) is 0 Å². The second kappa shape index (κ2) is 9.82. The van der Waals surface area contributed by atoms with Crippen molar-refractivity contribution in [2.45, 2.75) is 32.2 Å². The highest BCUT2D eigenvalue weighted by atomic mass is 19.1. The summed E-state index contributed by atoms with van der Waals surface area (Å²) in [7, 11) is 0. The zero-order chi connectivity index (χ0) is 20.8. The molecule has 2 saturated heterocycles. The summed E-state index contributed by atoms with van der Waals surface area (Å²) in [6.07, 6.45) is 2.33. The van der Waals surface area contributed by atoms with Crippen molar-refractivity contribution in [1.82, 2.24) is 20.0 Å². The van der Waals surface area contributed by atoms with Crippen molar-refractivity contribution in [2.24, 2.45) is 0 Å². The van der Waals surface area contributed by atoms with E-state index < -0.39 is 5.82 Å². The molecule has 0 aliphatic carbocycles. The lowest BCUT2D eigenvalue weighted by molar-refractivity contribution is -0.130. The van der Waals surface area contributed by atoms with Gasteiger partial charge in [-0.15, -0.1) is 0 Å². The molecule has 0 radical (unpaired) electrons. The van der Waals surface area contributed by atoms with Gasteiger partial charge >= 0.3 is 0 Å². The van der Waals surface area contributed by atoms with Crippen LogP contribution in [0.1, 0.15) is 36.5 Å². The first kappa shape index (κ1) is 21.2. The lowest BCUT2D eigenvalue weighted by atomic mass is 10.1. The van der Waals surface area contributed by atoms with Gasteiger partial charge in [0, 0.05) is 57.8 Å². The van der Waals surface area contributed by atoms with Gasteiger partial charge in [-0.3, -0.25) is 19.3 Å². The molecule has 0 unspecified atom stereocenters. The van der Waals surface area contributed by atoms with Crippen LogP contribution in [0.4, 0.5) is 4.39 Å². The van der Waals surface area contributed by atoms with Crippen LogP contribution in [-0.4, -0.2) is 84.3 Å². The molecule has 0 spiro atoms. The van der Waals surface area contributed by atoms with Crippen molar-refractivity contribution in [1.29, 1.82) is 0 Å². The summed E-state index contributed by atoms with van der Waals surface area (Å²) < 4.78 is 13.4. The Morgan fingerprint density at radius 3 is 2.48 bits per heavy atom. The van der Waals surface area contributed by atoms with Crippen molar-refractivity contribution >= 4 is 17.7 Å². The average Bonchev–Trinajstić information content (AvgIpc) is 2.93. The van der Waals surface area contributed by atoms with Crippen LogP contribution in [-0.2, 0) is 9.59 Å². The standard InChI is InChI=1S/C21H29FN4O3/c1-16(27)25-10-6-19(7-11-25)23-20(28)15-24-8-3-9-26(13-12-24)21(29)17-4-2-5-18(22)14-17/h2,4-5,14,19H,3,6-13,15H2,1H3,(H,23,28). The molecule has 2 aliphatic heterocycles. The Bertz CT molecular complexity index is 749. The number of hydrogen-bond acceptors (Lipinski definition) is 4. The van der Waals surface area contributed by atoms with Gasteiger partial charge in [0.05, 0.1) is 6.54 Å². The fourth-order valence-corrected chi connectivity index (χ4v) is 3.95. The van der Waals surface area contributed by atoms with E-state index in [4.69, 9.17) is 0 Å². The number of amides is 3. The molecule has 8 heteroatoms. The molecule has 0 saturated carbocycles. The first-order valence-corrected chi connectivity index (χ1v) is 10.2. The molecule has 158 valence electrons. The number of hydrogen-bond donors (Lipinski definition) is 1. The molecule has 29 heavy (non-hydrogen) atoms. The molecule has 1 aromatic rings. The fraction of sp³-hybridized carbons (Fsp3) is 0.571. The Hall–Kier alpha value is -2.48. The van der Waals surface area contributed by atoms with Crippen molar-refractivity contribution in [2.75, 3.05) is 45.8 Å². The van der Waals surface area contributed by atoms with Gasteiger partial charge in [0.25, 0.3) is 5.91 Å². The van der Waals surface area contributed by atoms with E-state index in [0.717, 1.165) is 25.8 Å². The first-order valence-electron chi connectivity index (χ1n) is 10.2. The molecule has 7 nitrogen and oxygen atoms in total. The first-order chi connectivity index (χ1) is 13.9. The zero-order valence-electron chi connectivity index (χ0n) is 16.9. The van der Waals surface area contributed by atoms with Crippen LogP contribution in [0.25, 0.3) is 0 Å². The summed E-state index contributed by atoms with van der Waals surface area (Å²) in [4.78, 5) is 42.0. The van der Waals surface area contributed by atoms with E-state index in [-0.39, 0.29) is 23.8 Å². The second-order valence-electron chi connectivity index (χ2n) is 7.78. The van der Waals surface area contributed by atoms with Gasteiger partial charge in [0.2, 0.25) is 11.8 Å². The van der Waals surface area contributed by atoms with Crippen molar-refractivity contribution in [3.05, 3.63) is 35.6 Å². The quantitative estimate of drug-likeness (QED) is 0.816. The topological polar surface area (TPSA) is 73.0 Å². The molecule has 1 N–H and O–H groups in total. The third-order valence-corrected chi connectivity index (χ3v) is 5.62. The Kier molecular flexibility index (Phi) is 7.19. The number of halogens is 1. The maximum Gasteiger partial charge on any atom is 0.254 e. The second-order valence-corrected chi connectivity index (χ2v) is 7.78. The van der Waals surface area contributed by atoms with Crippen LogP contribution >= 0.6 is 0 Å². The summed E-state index contributed by atoms with van der Waals surface area (Å²) in [5, 5.41) is 3.07. The number of likely N-dealkylation sites (tertiary alicyclic amines) is 1. The molecule has 2 aliphatic rings. The van der Waals surface area contributed by atoms with E-state index in [1.54, 1.807) is 17.9 Å². The van der Waals surface area contributed by atoms with Crippen LogP contribution in [0, 0.1) is 5.82 Å². The van der Waals surface area contributed by atoms with Gasteiger partial charge in [0.1, 0.15) is 5.82 Å². The lowest BCUT2D eigenvalue weighted by Gasteiger charge is -2.32. The number of benzene rings is 1. The maximum absolute atomic E-state index is 13.4. The molecule has 3 amide bonds. The molecular formula is C21H29FN4O3. The Balaban J connectivity index is 1.44. The minimum atomic E-state index is -0.418. The predicted octanol–water partition coefficient (Wildman–Crippen LogP) is 1.10. The smallest absolute Gasteiger partial charge is 0.254 e. The molecule has 2 fully saturated rings. The van der Waals surface area contributed by atoms with Gasteiger partial charge in [-0.25, -0.2) is 4.39 Å². The van der Waals surface area contributed by atoms with Gasteiger partial charge in [-0.2, -0.15) is 0 Å². The van der Waals surface area contributed by atoms with Gasteiger partial charge in [-0.1, -0.05) is 6.07 Å². The number of rotatable bonds is 4. The highest BCUT2D eigenvalue weighted by molar-refractivity contribution is 5.94. The predicted molar refractivity (Wildman–Crippen MR) is 107 cm³/mol. The van der Waals surface area contributed by atoms with E-state index in [1.165, 1.54) is 18.2 Å². The molecule has 3 rings (SSSR count).